The number of nitro groups is 1. The van der Waals surface area contributed by atoms with E-state index in [-0.39, 0.29) is 18.3 Å². The predicted molar refractivity (Wildman–Crippen MR) is 79.1 cm³/mol. The third kappa shape index (κ3) is 5.03. The predicted octanol–water partition coefficient (Wildman–Crippen LogP) is 1.61. The number of nitrogens with two attached hydrogens (primary N) is 1. The van der Waals surface area contributed by atoms with Crippen molar-refractivity contribution in [3.63, 3.8) is 0 Å². The van der Waals surface area contributed by atoms with E-state index >= 15 is 0 Å². The molecule has 0 radical (unpaired) electrons. The molecular weight excluding hydrogens is 274 g/mol. The van der Waals surface area contributed by atoms with Gasteiger partial charge in [-0.3, -0.25) is 14.9 Å². The molecule has 1 unspecified atom stereocenters. The first-order valence-corrected chi connectivity index (χ1v) is 6.69. The molecule has 0 aromatic heterocycles. The monoisotopic (exact) mass is 295 g/mol. The van der Waals surface area contributed by atoms with Crippen LogP contribution in [0.25, 0.3) is 0 Å². The standard InChI is InChI=1S/C14H21N3O4/c1-10(2)16-14(3,13(15)18)8-9-21-12-6-4-11(5-7-12)17(19)20/h4-7,10,16H,8-9H2,1-3H3,(H2,15,18). The molecule has 7 nitrogen and oxygen atoms in total. The zero-order chi connectivity index (χ0) is 16.0. The fourth-order valence-electron chi connectivity index (χ4n) is 1.94. The minimum atomic E-state index is -0.852. The van der Waals surface area contributed by atoms with Gasteiger partial charge in [0.2, 0.25) is 5.91 Å². The number of hydrogen-bond donors (Lipinski definition) is 2. The highest BCUT2D eigenvalue weighted by Gasteiger charge is 2.31. The maximum Gasteiger partial charge on any atom is 0.269 e. The smallest absolute Gasteiger partial charge is 0.269 e. The second-order valence-electron chi connectivity index (χ2n) is 5.34. The molecule has 116 valence electrons. The van der Waals surface area contributed by atoms with Crippen molar-refractivity contribution in [2.75, 3.05) is 6.61 Å². The molecule has 0 spiro atoms. The lowest BCUT2D eigenvalue weighted by Crippen LogP contribution is -2.56. The van der Waals surface area contributed by atoms with E-state index in [0.29, 0.717) is 12.2 Å². The van der Waals surface area contributed by atoms with Crippen LogP contribution in [0.4, 0.5) is 5.69 Å². The zero-order valence-corrected chi connectivity index (χ0v) is 12.5. The molecule has 0 aliphatic carbocycles. The molecule has 1 aromatic rings. The molecule has 1 rings (SSSR count). The Bertz CT molecular complexity index is 501. The van der Waals surface area contributed by atoms with Gasteiger partial charge in [-0.15, -0.1) is 0 Å². The van der Waals surface area contributed by atoms with Gasteiger partial charge in [0, 0.05) is 24.6 Å². The Morgan fingerprint density at radius 2 is 2.00 bits per heavy atom. The molecule has 0 saturated carbocycles. The fourth-order valence-corrected chi connectivity index (χ4v) is 1.94. The van der Waals surface area contributed by atoms with Crippen LogP contribution in [0.15, 0.2) is 24.3 Å². The third-order valence-corrected chi connectivity index (χ3v) is 3.07. The summed E-state index contributed by atoms with van der Waals surface area (Å²) < 4.78 is 5.50. The summed E-state index contributed by atoms with van der Waals surface area (Å²) in [6.07, 6.45) is 0.400. The van der Waals surface area contributed by atoms with Gasteiger partial charge in [0.05, 0.1) is 17.1 Å². The number of non-ortho nitro benzene ring substituents is 1. The molecule has 1 amide bonds. The normalized spacial score (nSPS) is 13.7. The van der Waals surface area contributed by atoms with Gasteiger partial charge in [-0.1, -0.05) is 0 Å². The van der Waals surface area contributed by atoms with Crippen LogP contribution in [0.1, 0.15) is 27.2 Å². The molecule has 0 bridgehead atoms. The maximum atomic E-state index is 11.5. The van der Waals surface area contributed by atoms with Gasteiger partial charge in [-0.2, -0.15) is 0 Å². The summed E-state index contributed by atoms with van der Waals surface area (Å²) in [5.41, 5.74) is 4.57. The van der Waals surface area contributed by atoms with E-state index < -0.39 is 16.4 Å². The van der Waals surface area contributed by atoms with Crippen molar-refractivity contribution < 1.29 is 14.5 Å². The van der Waals surface area contributed by atoms with Crippen LogP contribution in [-0.2, 0) is 4.79 Å². The number of benzene rings is 1. The molecule has 1 atom stereocenters. The number of carbonyl (C=O) groups excluding carboxylic acids is 1. The number of primary amides is 1. The summed E-state index contributed by atoms with van der Waals surface area (Å²) in [5, 5.41) is 13.7. The maximum absolute atomic E-state index is 11.5. The average molecular weight is 295 g/mol. The number of nitro benzene ring substituents is 1. The number of carbonyl (C=O) groups is 1. The van der Waals surface area contributed by atoms with E-state index in [9.17, 15) is 14.9 Å². The van der Waals surface area contributed by atoms with Crippen LogP contribution >= 0.6 is 0 Å². The van der Waals surface area contributed by atoms with Gasteiger partial charge in [0.15, 0.2) is 0 Å². The van der Waals surface area contributed by atoms with Crippen LogP contribution in [0.5, 0.6) is 5.75 Å². The lowest BCUT2D eigenvalue weighted by molar-refractivity contribution is -0.384. The Labute approximate surface area is 123 Å². The Balaban J connectivity index is 2.58. The molecule has 3 N–H and O–H groups in total. The highest BCUT2D eigenvalue weighted by molar-refractivity contribution is 5.84. The average Bonchev–Trinajstić information content (AvgIpc) is 2.38. The minimum absolute atomic E-state index is 0.00537. The molecule has 0 heterocycles. The van der Waals surface area contributed by atoms with E-state index in [2.05, 4.69) is 5.32 Å². The van der Waals surface area contributed by atoms with Gasteiger partial charge < -0.3 is 15.8 Å². The summed E-state index contributed by atoms with van der Waals surface area (Å²) >= 11 is 0. The SMILES string of the molecule is CC(C)NC(C)(CCOc1ccc([N+](=O)[O-])cc1)C(N)=O. The van der Waals surface area contributed by atoms with E-state index in [0.717, 1.165) is 0 Å². The fraction of sp³-hybridized carbons (Fsp3) is 0.500. The van der Waals surface area contributed by atoms with E-state index in [1.807, 2.05) is 13.8 Å². The summed E-state index contributed by atoms with van der Waals surface area (Å²) in [4.78, 5) is 21.6. The first kappa shape index (κ1) is 16.9. The van der Waals surface area contributed by atoms with Crippen molar-refractivity contribution >= 4 is 11.6 Å². The van der Waals surface area contributed by atoms with Crippen molar-refractivity contribution in [1.82, 2.24) is 5.32 Å². The second kappa shape index (κ2) is 7.03. The first-order chi connectivity index (χ1) is 9.74. The van der Waals surface area contributed by atoms with E-state index in [1.165, 1.54) is 24.3 Å². The molecule has 0 fully saturated rings. The largest absolute Gasteiger partial charge is 0.494 e. The summed E-state index contributed by atoms with van der Waals surface area (Å²) in [5.74, 6) is 0.0699. The van der Waals surface area contributed by atoms with Gasteiger partial charge in [-0.25, -0.2) is 0 Å². The minimum Gasteiger partial charge on any atom is -0.494 e. The molecule has 0 aliphatic rings. The van der Waals surface area contributed by atoms with E-state index in [4.69, 9.17) is 10.5 Å². The number of hydrogen-bond acceptors (Lipinski definition) is 5. The molecular formula is C14H21N3O4. The van der Waals surface area contributed by atoms with Gasteiger partial charge in [0.1, 0.15) is 5.75 Å². The van der Waals surface area contributed by atoms with Crippen molar-refractivity contribution in [1.29, 1.82) is 0 Å². The van der Waals surface area contributed by atoms with Gasteiger partial charge in [0.25, 0.3) is 5.69 Å². The summed E-state index contributed by atoms with van der Waals surface area (Å²) in [6, 6.07) is 5.90. The number of ether oxygens (including phenoxy) is 1. The van der Waals surface area contributed by atoms with Gasteiger partial charge >= 0.3 is 0 Å². The van der Waals surface area contributed by atoms with Crippen LogP contribution in [0.3, 0.4) is 0 Å². The highest BCUT2D eigenvalue weighted by Crippen LogP contribution is 2.18. The van der Waals surface area contributed by atoms with Crippen molar-refractivity contribution in [2.24, 2.45) is 5.73 Å². The van der Waals surface area contributed by atoms with Crippen molar-refractivity contribution in [3.05, 3.63) is 34.4 Å². The lowest BCUT2D eigenvalue weighted by Gasteiger charge is -2.29. The molecule has 0 aliphatic heterocycles. The van der Waals surface area contributed by atoms with Gasteiger partial charge in [-0.05, 0) is 32.9 Å². The van der Waals surface area contributed by atoms with Crippen LogP contribution < -0.4 is 15.8 Å². The number of nitrogens with one attached hydrogen (secondary N) is 1. The Hall–Kier alpha value is -2.15. The summed E-state index contributed by atoms with van der Waals surface area (Å²) in [7, 11) is 0. The Morgan fingerprint density at radius 1 is 1.43 bits per heavy atom. The van der Waals surface area contributed by atoms with Crippen molar-refractivity contribution in [2.45, 2.75) is 38.8 Å². The number of amides is 1. The number of rotatable bonds is 8. The Morgan fingerprint density at radius 3 is 2.43 bits per heavy atom. The second-order valence-corrected chi connectivity index (χ2v) is 5.34. The van der Waals surface area contributed by atoms with Crippen molar-refractivity contribution in [3.8, 4) is 5.75 Å². The van der Waals surface area contributed by atoms with E-state index in [1.54, 1.807) is 6.92 Å². The molecule has 0 saturated heterocycles. The highest BCUT2D eigenvalue weighted by atomic mass is 16.6. The quantitative estimate of drug-likeness (QED) is 0.559. The molecule has 21 heavy (non-hydrogen) atoms. The van der Waals surface area contributed by atoms with Crippen LogP contribution in [-0.4, -0.2) is 29.0 Å². The molecule has 7 heteroatoms. The first-order valence-electron chi connectivity index (χ1n) is 6.69. The third-order valence-electron chi connectivity index (χ3n) is 3.07. The van der Waals surface area contributed by atoms with Crippen LogP contribution in [0, 0.1) is 10.1 Å². The van der Waals surface area contributed by atoms with Crippen LogP contribution in [0.2, 0.25) is 0 Å². The Kier molecular flexibility index (Phi) is 5.66. The topological polar surface area (TPSA) is 107 Å². The number of nitrogens with zero attached hydrogens (tertiary/aromatic N) is 1. The zero-order valence-electron chi connectivity index (χ0n) is 12.5. The lowest BCUT2D eigenvalue weighted by atomic mass is 9.96. The molecule has 1 aromatic carbocycles. The summed E-state index contributed by atoms with van der Waals surface area (Å²) in [6.45, 7) is 5.86.